The zero-order valence-corrected chi connectivity index (χ0v) is 12.4. The molecule has 104 valence electrons. The van der Waals surface area contributed by atoms with Gasteiger partial charge in [-0.25, -0.2) is 0 Å². The fourth-order valence-electron chi connectivity index (χ4n) is 1.57. The molecule has 5 nitrogen and oxygen atoms in total. The highest BCUT2D eigenvalue weighted by molar-refractivity contribution is 5.52. The van der Waals surface area contributed by atoms with Crippen LogP contribution in [0.3, 0.4) is 0 Å². The monoisotopic (exact) mass is 263 g/mol. The lowest BCUT2D eigenvalue weighted by Crippen LogP contribution is -1.97. The van der Waals surface area contributed by atoms with Crippen LogP contribution in [0.5, 0.6) is 5.75 Å². The maximum absolute atomic E-state index is 5.35. The van der Waals surface area contributed by atoms with Crippen LogP contribution in [-0.2, 0) is 0 Å². The predicted molar refractivity (Wildman–Crippen MR) is 74.3 cm³/mol. The number of ether oxygens (including phenoxy) is 1. The van der Waals surface area contributed by atoms with Crippen molar-refractivity contribution in [3.63, 3.8) is 0 Å². The Kier molecular flexibility index (Phi) is 5.48. The first-order valence-electron chi connectivity index (χ1n) is 6.46. The second kappa shape index (κ2) is 6.87. The van der Waals surface area contributed by atoms with Crippen molar-refractivity contribution in [1.82, 2.24) is 15.2 Å². The molecule has 0 aliphatic heterocycles. The zero-order chi connectivity index (χ0) is 14.4. The van der Waals surface area contributed by atoms with Crippen molar-refractivity contribution in [2.24, 2.45) is 0 Å². The van der Waals surface area contributed by atoms with Gasteiger partial charge in [0.25, 0.3) is 5.89 Å². The molecule has 5 heteroatoms. The normalized spacial score (nSPS) is 10.1. The summed E-state index contributed by atoms with van der Waals surface area (Å²) in [5.41, 5.74) is 1.69. The minimum absolute atomic E-state index is 0.357. The first-order chi connectivity index (χ1) is 9.11. The minimum Gasteiger partial charge on any atom is -0.496 e. The fraction of sp³-hybridized carbons (Fsp3) is 0.500. The summed E-state index contributed by atoms with van der Waals surface area (Å²) in [6.45, 7) is 9.93. The molecule has 0 aliphatic carbocycles. The molecule has 0 N–H and O–H groups in total. The van der Waals surface area contributed by atoms with Gasteiger partial charge in [0.15, 0.2) is 0 Å². The molecule has 2 aromatic rings. The van der Waals surface area contributed by atoms with Crippen molar-refractivity contribution in [3.05, 3.63) is 23.7 Å². The van der Waals surface area contributed by atoms with Gasteiger partial charge >= 0.3 is 0 Å². The van der Waals surface area contributed by atoms with E-state index in [-0.39, 0.29) is 0 Å². The lowest BCUT2D eigenvalue weighted by Gasteiger charge is -2.11. The molecule has 0 bridgehead atoms. The van der Waals surface area contributed by atoms with E-state index in [4.69, 9.17) is 9.15 Å². The number of rotatable bonds is 3. The topological polar surface area (TPSA) is 61.0 Å². The Morgan fingerprint density at radius 1 is 1.21 bits per heavy atom. The van der Waals surface area contributed by atoms with Crippen LogP contribution in [0.4, 0.5) is 0 Å². The number of methoxy groups -OCH3 is 1. The van der Waals surface area contributed by atoms with Crippen molar-refractivity contribution in [3.8, 4) is 17.3 Å². The van der Waals surface area contributed by atoms with Crippen LogP contribution >= 0.6 is 0 Å². The Bertz CT molecular complexity index is 521. The number of aromatic nitrogens is 3. The Labute approximate surface area is 114 Å². The number of hydrogen-bond donors (Lipinski definition) is 0. The van der Waals surface area contributed by atoms with Crippen LogP contribution in [0.15, 0.2) is 16.7 Å². The van der Waals surface area contributed by atoms with Gasteiger partial charge in [-0.3, -0.25) is 4.98 Å². The third-order valence-electron chi connectivity index (χ3n) is 2.48. The summed E-state index contributed by atoms with van der Waals surface area (Å²) in [4.78, 5) is 4.32. The van der Waals surface area contributed by atoms with Crippen LogP contribution in [0, 0.1) is 6.92 Å². The van der Waals surface area contributed by atoms with Crippen molar-refractivity contribution >= 4 is 0 Å². The molecule has 0 fully saturated rings. The summed E-state index contributed by atoms with van der Waals surface area (Å²) in [6, 6.07) is 1.82. The quantitative estimate of drug-likeness (QED) is 0.846. The van der Waals surface area contributed by atoms with Crippen molar-refractivity contribution < 1.29 is 9.15 Å². The molecule has 19 heavy (non-hydrogen) atoms. The van der Waals surface area contributed by atoms with Gasteiger partial charge in [0.1, 0.15) is 11.4 Å². The molecule has 0 aliphatic rings. The fourth-order valence-corrected chi connectivity index (χ4v) is 1.57. The van der Waals surface area contributed by atoms with Crippen LogP contribution in [0.2, 0.25) is 0 Å². The molecular formula is C14H21N3O2. The Balaban J connectivity index is 0.000000861. The van der Waals surface area contributed by atoms with E-state index in [1.807, 2.05) is 19.9 Å². The standard InChI is InChI=1S/C12H15N3O2.C2H6/c1-7(2)9-6-13-10(5-11(9)16-4)12-15-14-8(3)17-12;1-2/h5-7H,1-4H3;1-2H3. The molecule has 0 amide bonds. The van der Waals surface area contributed by atoms with Crippen molar-refractivity contribution in [2.75, 3.05) is 7.11 Å². The van der Waals surface area contributed by atoms with Gasteiger partial charge in [0.2, 0.25) is 5.89 Å². The lowest BCUT2D eigenvalue weighted by molar-refractivity contribution is 0.406. The van der Waals surface area contributed by atoms with Crippen LogP contribution in [0.1, 0.15) is 45.1 Å². The Morgan fingerprint density at radius 3 is 2.37 bits per heavy atom. The molecule has 0 saturated carbocycles. The molecule has 2 heterocycles. The second-order valence-electron chi connectivity index (χ2n) is 4.09. The van der Waals surface area contributed by atoms with Gasteiger partial charge in [0, 0.05) is 24.8 Å². The highest BCUT2D eigenvalue weighted by Crippen LogP contribution is 2.29. The molecule has 0 atom stereocenters. The van der Waals surface area contributed by atoms with Crippen LogP contribution < -0.4 is 4.74 Å². The van der Waals surface area contributed by atoms with E-state index in [0.717, 1.165) is 11.3 Å². The summed E-state index contributed by atoms with van der Waals surface area (Å²) >= 11 is 0. The molecule has 0 spiro atoms. The predicted octanol–water partition coefficient (Wildman–Crippen LogP) is 3.60. The average molecular weight is 263 g/mol. The van der Waals surface area contributed by atoms with Crippen LogP contribution in [-0.4, -0.2) is 22.3 Å². The highest BCUT2D eigenvalue weighted by atomic mass is 16.5. The highest BCUT2D eigenvalue weighted by Gasteiger charge is 2.13. The Morgan fingerprint density at radius 2 is 1.89 bits per heavy atom. The maximum Gasteiger partial charge on any atom is 0.266 e. The SMILES string of the molecule is CC.COc1cc(-c2nnc(C)o2)ncc1C(C)C. The van der Waals surface area contributed by atoms with Crippen LogP contribution in [0.25, 0.3) is 11.6 Å². The number of pyridine rings is 1. The molecule has 2 rings (SSSR count). The number of nitrogens with zero attached hydrogens (tertiary/aromatic N) is 3. The summed E-state index contributed by atoms with van der Waals surface area (Å²) < 4.78 is 10.7. The van der Waals surface area contributed by atoms with E-state index >= 15 is 0 Å². The minimum atomic E-state index is 0.357. The van der Waals surface area contributed by atoms with Gasteiger partial charge in [-0.2, -0.15) is 0 Å². The van der Waals surface area contributed by atoms with Gasteiger partial charge in [-0.15, -0.1) is 10.2 Å². The number of aryl methyl sites for hydroxylation is 1. The van der Waals surface area contributed by atoms with Gasteiger partial charge in [0.05, 0.1) is 7.11 Å². The lowest BCUT2D eigenvalue weighted by atomic mass is 10.0. The largest absolute Gasteiger partial charge is 0.496 e. The van der Waals surface area contributed by atoms with Crippen molar-refractivity contribution in [2.45, 2.75) is 40.5 Å². The van der Waals surface area contributed by atoms with E-state index in [1.165, 1.54) is 0 Å². The van der Waals surface area contributed by atoms with E-state index in [0.29, 0.717) is 23.4 Å². The van der Waals surface area contributed by atoms with Gasteiger partial charge < -0.3 is 9.15 Å². The van der Waals surface area contributed by atoms with Crippen molar-refractivity contribution in [1.29, 1.82) is 0 Å². The summed E-state index contributed by atoms with van der Waals surface area (Å²) in [6.07, 6.45) is 1.79. The van der Waals surface area contributed by atoms with Gasteiger partial charge in [-0.05, 0) is 5.92 Å². The number of hydrogen-bond acceptors (Lipinski definition) is 5. The molecular weight excluding hydrogens is 242 g/mol. The Hall–Kier alpha value is -1.91. The third kappa shape index (κ3) is 3.53. The smallest absolute Gasteiger partial charge is 0.266 e. The van der Waals surface area contributed by atoms with E-state index < -0.39 is 0 Å². The molecule has 0 aromatic carbocycles. The summed E-state index contributed by atoms with van der Waals surface area (Å²) in [5.74, 6) is 2.08. The van der Waals surface area contributed by atoms with E-state index in [2.05, 4.69) is 29.0 Å². The summed E-state index contributed by atoms with van der Waals surface area (Å²) in [7, 11) is 1.64. The third-order valence-corrected chi connectivity index (χ3v) is 2.48. The summed E-state index contributed by atoms with van der Waals surface area (Å²) in [5, 5.41) is 7.71. The first kappa shape index (κ1) is 15.1. The molecule has 2 aromatic heterocycles. The second-order valence-corrected chi connectivity index (χ2v) is 4.09. The van der Waals surface area contributed by atoms with Gasteiger partial charge in [-0.1, -0.05) is 27.7 Å². The average Bonchev–Trinajstić information content (AvgIpc) is 2.87. The maximum atomic E-state index is 5.35. The zero-order valence-electron chi connectivity index (χ0n) is 12.4. The van der Waals surface area contributed by atoms with E-state index in [1.54, 1.807) is 20.2 Å². The molecule has 0 saturated heterocycles. The first-order valence-corrected chi connectivity index (χ1v) is 6.46. The molecule has 0 radical (unpaired) electrons. The van der Waals surface area contributed by atoms with E-state index in [9.17, 15) is 0 Å². The molecule has 0 unspecified atom stereocenters.